The summed E-state index contributed by atoms with van der Waals surface area (Å²) in [5.74, 6) is 0. The quantitative estimate of drug-likeness (QED) is 0.605. The Morgan fingerprint density at radius 2 is 0.952 bits per heavy atom. The fourth-order valence-corrected chi connectivity index (χ4v) is 3.03. The standard InChI is InChI=1S/2C9H18O.ClH/c2*1-2-8-10-9-6-4-3-5-7-9;/h2*9H,2-8H2,1H3;1H. The van der Waals surface area contributed by atoms with Crippen molar-refractivity contribution in [3.8, 4) is 0 Å². The van der Waals surface area contributed by atoms with Crippen molar-refractivity contribution in [3.63, 3.8) is 0 Å². The van der Waals surface area contributed by atoms with Gasteiger partial charge in [-0.2, -0.15) is 0 Å². The molecule has 0 amide bonds. The van der Waals surface area contributed by atoms with Crippen LogP contribution in [0.2, 0.25) is 0 Å². The van der Waals surface area contributed by atoms with E-state index in [1.165, 1.54) is 64.2 Å². The molecule has 2 fully saturated rings. The minimum Gasteiger partial charge on any atom is -0.378 e. The van der Waals surface area contributed by atoms with Crippen LogP contribution in [-0.2, 0) is 9.47 Å². The van der Waals surface area contributed by atoms with Gasteiger partial charge >= 0.3 is 0 Å². The van der Waals surface area contributed by atoms with Gasteiger partial charge in [-0.1, -0.05) is 52.4 Å². The van der Waals surface area contributed by atoms with E-state index in [9.17, 15) is 0 Å². The summed E-state index contributed by atoms with van der Waals surface area (Å²) < 4.78 is 11.3. The van der Waals surface area contributed by atoms with E-state index in [0.717, 1.165) is 26.1 Å². The van der Waals surface area contributed by atoms with Gasteiger partial charge in [0.05, 0.1) is 12.2 Å². The van der Waals surface area contributed by atoms with Crippen LogP contribution < -0.4 is 0 Å². The highest BCUT2D eigenvalue weighted by molar-refractivity contribution is 5.85. The van der Waals surface area contributed by atoms with E-state index in [4.69, 9.17) is 9.47 Å². The van der Waals surface area contributed by atoms with E-state index in [0.29, 0.717) is 12.2 Å². The highest BCUT2D eigenvalue weighted by Crippen LogP contribution is 2.20. The molecule has 0 aromatic rings. The van der Waals surface area contributed by atoms with Crippen LogP contribution in [0.1, 0.15) is 90.9 Å². The molecule has 0 spiro atoms. The summed E-state index contributed by atoms with van der Waals surface area (Å²) in [6.07, 6.45) is 17.1. The van der Waals surface area contributed by atoms with Gasteiger partial charge in [0.25, 0.3) is 0 Å². The molecule has 0 atom stereocenters. The number of ether oxygens (including phenoxy) is 2. The molecule has 2 nitrogen and oxygen atoms in total. The molecule has 0 aromatic heterocycles. The first-order valence-electron chi connectivity index (χ1n) is 9.10. The highest BCUT2D eigenvalue weighted by Gasteiger charge is 2.13. The summed E-state index contributed by atoms with van der Waals surface area (Å²) in [5.41, 5.74) is 0. The first-order valence-corrected chi connectivity index (χ1v) is 9.10. The van der Waals surface area contributed by atoms with Crippen LogP contribution in [0, 0.1) is 0 Å². The predicted octanol–water partition coefficient (Wildman–Crippen LogP) is 5.91. The van der Waals surface area contributed by atoms with E-state index in [1.807, 2.05) is 0 Å². The molecule has 2 saturated carbocycles. The van der Waals surface area contributed by atoms with Crippen molar-refractivity contribution in [2.24, 2.45) is 0 Å². The maximum Gasteiger partial charge on any atom is 0.0575 e. The predicted molar refractivity (Wildman–Crippen MR) is 93.5 cm³/mol. The molecule has 0 unspecified atom stereocenters. The zero-order valence-corrected chi connectivity index (χ0v) is 15.1. The van der Waals surface area contributed by atoms with Gasteiger partial charge in [0.2, 0.25) is 0 Å². The average Bonchev–Trinajstić information content (AvgIpc) is 2.53. The van der Waals surface area contributed by atoms with Crippen molar-refractivity contribution < 1.29 is 9.47 Å². The second kappa shape index (κ2) is 15.1. The Labute approximate surface area is 138 Å². The lowest BCUT2D eigenvalue weighted by atomic mass is 9.98. The molecule has 0 aliphatic heterocycles. The third-order valence-corrected chi connectivity index (χ3v) is 4.22. The van der Waals surface area contributed by atoms with Crippen molar-refractivity contribution in [3.05, 3.63) is 0 Å². The second-order valence-electron chi connectivity index (χ2n) is 6.26. The van der Waals surface area contributed by atoms with E-state index in [1.54, 1.807) is 0 Å². The number of halogens is 1. The van der Waals surface area contributed by atoms with E-state index >= 15 is 0 Å². The van der Waals surface area contributed by atoms with Gasteiger partial charge in [0.1, 0.15) is 0 Å². The number of hydrogen-bond acceptors (Lipinski definition) is 2. The summed E-state index contributed by atoms with van der Waals surface area (Å²) in [6, 6.07) is 0. The van der Waals surface area contributed by atoms with Crippen LogP contribution in [-0.4, -0.2) is 25.4 Å². The Hall–Kier alpha value is 0.210. The van der Waals surface area contributed by atoms with Crippen LogP contribution in [0.5, 0.6) is 0 Å². The number of hydrogen-bond donors (Lipinski definition) is 0. The van der Waals surface area contributed by atoms with Crippen LogP contribution in [0.3, 0.4) is 0 Å². The molecule has 2 rings (SSSR count). The average molecular weight is 321 g/mol. The zero-order valence-electron chi connectivity index (χ0n) is 14.3. The van der Waals surface area contributed by atoms with Crippen molar-refractivity contribution >= 4 is 12.4 Å². The maximum absolute atomic E-state index is 5.63. The van der Waals surface area contributed by atoms with Crippen LogP contribution in [0.25, 0.3) is 0 Å². The molecule has 0 radical (unpaired) electrons. The molecule has 0 heterocycles. The summed E-state index contributed by atoms with van der Waals surface area (Å²) in [7, 11) is 0. The molecule has 0 N–H and O–H groups in total. The molecule has 0 bridgehead atoms. The first kappa shape index (κ1) is 21.2. The third kappa shape index (κ3) is 11.4. The normalized spacial score (nSPS) is 20.3. The zero-order chi connectivity index (χ0) is 14.5. The van der Waals surface area contributed by atoms with Crippen LogP contribution in [0.4, 0.5) is 0 Å². The second-order valence-corrected chi connectivity index (χ2v) is 6.26. The Balaban J connectivity index is 0.000000364. The molecule has 2 aliphatic rings. The van der Waals surface area contributed by atoms with Crippen molar-refractivity contribution in [1.29, 1.82) is 0 Å². The number of rotatable bonds is 6. The van der Waals surface area contributed by atoms with Gasteiger partial charge in [-0.15, -0.1) is 12.4 Å². The molecular formula is C18H37ClO2. The topological polar surface area (TPSA) is 18.5 Å². The van der Waals surface area contributed by atoms with Gasteiger partial charge in [-0.05, 0) is 38.5 Å². The van der Waals surface area contributed by atoms with Crippen molar-refractivity contribution in [2.45, 2.75) is 103 Å². The molecule has 128 valence electrons. The van der Waals surface area contributed by atoms with Crippen molar-refractivity contribution in [1.82, 2.24) is 0 Å². The minimum absolute atomic E-state index is 0. The van der Waals surface area contributed by atoms with E-state index < -0.39 is 0 Å². The van der Waals surface area contributed by atoms with Gasteiger partial charge in [-0.25, -0.2) is 0 Å². The van der Waals surface area contributed by atoms with Crippen molar-refractivity contribution in [2.75, 3.05) is 13.2 Å². The van der Waals surface area contributed by atoms with Gasteiger partial charge < -0.3 is 9.47 Å². The molecule has 21 heavy (non-hydrogen) atoms. The Morgan fingerprint density at radius 3 is 1.24 bits per heavy atom. The first-order chi connectivity index (χ1) is 9.86. The third-order valence-electron chi connectivity index (χ3n) is 4.22. The molecule has 0 aromatic carbocycles. The van der Waals surface area contributed by atoms with Gasteiger partial charge in [-0.3, -0.25) is 0 Å². The minimum atomic E-state index is 0. The van der Waals surface area contributed by atoms with E-state index in [-0.39, 0.29) is 12.4 Å². The highest BCUT2D eigenvalue weighted by atomic mass is 35.5. The summed E-state index contributed by atoms with van der Waals surface area (Å²) in [4.78, 5) is 0. The molecule has 0 saturated heterocycles. The monoisotopic (exact) mass is 320 g/mol. The Kier molecular flexibility index (Phi) is 15.3. The fraction of sp³-hybridized carbons (Fsp3) is 1.00. The summed E-state index contributed by atoms with van der Waals surface area (Å²) in [5, 5.41) is 0. The lowest BCUT2D eigenvalue weighted by Gasteiger charge is -2.21. The van der Waals surface area contributed by atoms with Gasteiger partial charge in [0.15, 0.2) is 0 Å². The van der Waals surface area contributed by atoms with Crippen LogP contribution in [0.15, 0.2) is 0 Å². The largest absolute Gasteiger partial charge is 0.378 e. The lowest BCUT2D eigenvalue weighted by Crippen LogP contribution is -2.16. The van der Waals surface area contributed by atoms with Gasteiger partial charge in [0, 0.05) is 13.2 Å². The van der Waals surface area contributed by atoms with E-state index in [2.05, 4.69) is 13.8 Å². The summed E-state index contributed by atoms with van der Waals surface area (Å²) >= 11 is 0. The summed E-state index contributed by atoms with van der Waals surface area (Å²) in [6.45, 7) is 6.26. The van der Waals surface area contributed by atoms with Crippen LogP contribution >= 0.6 is 12.4 Å². The molecular weight excluding hydrogens is 284 g/mol. The maximum atomic E-state index is 5.63. The Bertz CT molecular complexity index is 177. The molecule has 2 aliphatic carbocycles. The fourth-order valence-electron chi connectivity index (χ4n) is 3.03. The smallest absolute Gasteiger partial charge is 0.0575 e. The Morgan fingerprint density at radius 1 is 0.619 bits per heavy atom. The SMILES string of the molecule is CCCOC1CCCCC1.CCCOC1CCCCC1.Cl. The lowest BCUT2D eigenvalue weighted by molar-refractivity contribution is 0.0288. The molecule has 3 heteroatoms.